The summed E-state index contributed by atoms with van der Waals surface area (Å²) in [6.07, 6.45) is 0.792. The van der Waals surface area contributed by atoms with Crippen molar-refractivity contribution in [1.82, 2.24) is 20.2 Å². The smallest absolute Gasteiger partial charge is 0.306 e. The zero-order valence-corrected chi connectivity index (χ0v) is 26.9. The van der Waals surface area contributed by atoms with Crippen molar-refractivity contribution in [3.8, 4) is 0 Å². The van der Waals surface area contributed by atoms with Crippen LogP contribution in [0.5, 0.6) is 0 Å². The van der Waals surface area contributed by atoms with Gasteiger partial charge in [-0.25, -0.2) is 9.97 Å². The van der Waals surface area contributed by atoms with E-state index in [9.17, 15) is 24.3 Å². The molecule has 41 heavy (non-hydrogen) atoms. The Hall–Kier alpha value is -2.51. The molecule has 2 N–H and O–H groups in total. The topological polar surface area (TPSA) is 139 Å². The Morgan fingerprint density at radius 2 is 1.83 bits per heavy atom. The van der Waals surface area contributed by atoms with Crippen LogP contribution in [0.1, 0.15) is 79.3 Å². The molecule has 226 valence electrons. The van der Waals surface area contributed by atoms with Crippen molar-refractivity contribution in [3.63, 3.8) is 0 Å². The summed E-state index contributed by atoms with van der Waals surface area (Å²) in [6.45, 7) is 8.88. The number of carbonyl (C=O) groups excluding carboxylic acids is 3. The summed E-state index contributed by atoms with van der Waals surface area (Å²) >= 11 is 4.53. The number of carboxylic acids is 1. The molecule has 0 spiro atoms. The van der Waals surface area contributed by atoms with Gasteiger partial charge in [-0.05, 0) is 36.7 Å². The van der Waals surface area contributed by atoms with Gasteiger partial charge in [0.1, 0.15) is 10.7 Å². The predicted octanol–water partition coefficient (Wildman–Crippen LogP) is 4.59. The highest BCUT2D eigenvalue weighted by molar-refractivity contribution is 8.00. The maximum Gasteiger partial charge on any atom is 0.306 e. The Kier molecular flexibility index (Phi) is 12.2. The number of rotatable bonds is 15. The van der Waals surface area contributed by atoms with Crippen LogP contribution < -0.4 is 5.32 Å². The Morgan fingerprint density at radius 3 is 2.37 bits per heavy atom. The molecule has 13 heteroatoms. The Bertz CT molecular complexity index is 1210. The van der Waals surface area contributed by atoms with Crippen LogP contribution in [0.2, 0.25) is 0 Å². The van der Waals surface area contributed by atoms with E-state index in [-0.39, 0.29) is 30.0 Å². The molecule has 1 unspecified atom stereocenters. The number of thioether (sulfide) groups is 1. The molecule has 0 aromatic carbocycles. The third kappa shape index (κ3) is 9.78. The van der Waals surface area contributed by atoms with Crippen molar-refractivity contribution in [2.45, 2.75) is 78.5 Å². The number of carboxylic acid groups (broad SMARTS) is 1. The van der Waals surface area contributed by atoms with Crippen LogP contribution in [0.4, 0.5) is 0 Å². The van der Waals surface area contributed by atoms with Gasteiger partial charge in [0.15, 0.2) is 6.10 Å². The molecule has 0 bridgehead atoms. The van der Waals surface area contributed by atoms with E-state index in [2.05, 4.69) is 15.3 Å². The fourth-order valence-electron chi connectivity index (χ4n) is 4.70. The van der Waals surface area contributed by atoms with E-state index in [0.29, 0.717) is 30.2 Å². The van der Waals surface area contributed by atoms with E-state index in [1.165, 1.54) is 29.6 Å². The first-order valence-corrected chi connectivity index (χ1v) is 16.7. The van der Waals surface area contributed by atoms with Crippen LogP contribution >= 0.6 is 34.4 Å². The highest BCUT2D eigenvalue weighted by Gasteiger charge is 2.32. The second kappa shape index (κ2) is 15.1. The number of thiazole rings is 2. The second-order valence-corrected chi connectivity index (χ2v) is 14.0. The standard InChI is InChI=1S/C28H40N4O6S3/c1-15(2)22(32(6)25(34)8-19-12-39-13-19)10-23(38-18(5)33)27-31-21(14-41-27)26(35)30-20(7-16(3)28(36)37)9-24-29-17(4)11-40-24/h11,14-16,19-20,22-23H,7-10,12-13H2,1-6H3,(H,30,35)(H,36,37)/t16-,20+,22?,23+/m0/s1. The summed E-state index contributed by atoms with van der Waals surface area (Å²) in [7, 11) is 1.80. The molecule has 0 radical (unpaired) electrons. The molecule has 2 amide bonds. The quantitative estimate of drug-likeness (QED) is 0.272. The van der Waals surface area contributed by atoms with E-state index < -0.39 is 35.9 Å². The largest absolute Gasteiger partial charge is 0.481 e. The van der Waals surface area contributed by atoms with Gasteiger partial charge in [-0.2, -0.15) is 11.8 Å². The predicted molar refractivity (Wildman–Crippen MR) is 161 cm³/mol. The number of aliphatic carboxylic acids is 1. The third-order valence-corrected chi connectivity index (χ3v) is 10.4. The van der Waals surface area contributed by atoms with Crippen LogP contribution in [0.25, 0.3) is 0 Å². The minimum absolute atomic E-state index is 0.0758. The van der Waals surface area contributed by atoms with Gasteiger partial charge in [0.2, 0.25) is 5.91 Å². The van der Waals surface area contributed by atoms with E-state index >= 15 is 0 Å². The number of aryl methyl sites for hydroxylation is 1. The van der Waals surface area contributed by atoms with Crippen molar-refractivity contribution in [1.29, 1.82) is 0 Å². The van der Waals surface area contributed by atoms with E-state index in [0.717, 1.165) is 22.2 Å². The van der Waals surface area contributed by atoms with Gasteiger partial charge in [0, 0.05) is 61.8 Å². The number of esters is 1. The maximum absolute atomic E-state index is 13.2. The van der Waals surface area contributed by atoms with E-state index in [1.54, 1.807) is 24.3 Å². The van der Waals surface area contributed by atoms with Gasteiger partial charge in [0.25, 0.3) is 5.91 Å². The number of nitrogens with zero attached hydrogens (tertiary/aromatic N) is 3. The molecule has 2 aromatic heterocycles. The number of ether oxygens (including phenoxy) is 1. The summed E-state index contributed by atoms with van der Waals surface area (Å²) in [5.74, 6) is 0.104. The minimum atomic E-state index is -0.936. The first-order valence-electron chi connectivity index (χ1n) is 13.7. The van der Waals surface area contributed by atoms with Gasteiger partial charge in [-0.1, -0.05) is 20.8 Å². The molecule has 1 saturated heterocycles. The van der Waals surface area contributed by atoms with Gasteiger partial charge >= 0.3 is 11.9 Å². The number of hydrogen-bond donors (Lipinski definition) is 2. The number of aromatic nitrogens is 2. The average Bonchev–Trinajstić information content (AvgIpc) is 3.52. The van der Waals surface area contributed by atoms with Crippen LogP contribution in [-0.4, -0.2) is 74.4 Å². The summed E-state index contributed by atoms with van der Waals surface area (Å²) in [5, 5.41) is 17.2. The van der Waals surface area contributed by atoms with Crippen molar-refractivity contribution in [3.05, 3.63) is 32.2 Å². The SMILES string of the molecule is CC(=O)O[C@H](CC(C(C)C)N(C)C(=O)CC1CSC1)c1nc(C(=O)N[C@@H](Cc2nc(C)cs2)C[C@H](C)C(=O)O)cs1. The maximum atomic E-state index is 13.2. The summed E-state index contributed by atoms with van der Waals surface area (Å²) in [4.78, 5) is 60.5. The number of hydrogen-bond acceptors (Lipinski definition) is 10. The van der Waals surface area contributed by atoms with Crippen LogP contribution in [0.15, 0.2) is 10.8 Å². The number of nitrogens with one attached hydrogen (secondary N) is 1. The molecule has 4 atom stereocenters. The lowest BCUT2D eigenvalue weighted by Crippen LogP contribution is -2.43. The van der Waals surface area contributed by atoms with Gasteiger partial charge < -0.3 is 20.1 Å². The monoisotopic (exact) mass is 624 g/mol. The lowest BCUT2D eigenvalue weighted by Gasteiger charge is -2.35. The van der Waals surface area contributed by atoms with Gasteiger partial charge in [-0.15, -0.1) is 22.7 Å². The first-order chi connectivity index (χ1) is 19.3. The molecule has 3 heterocycles. The molecular weight excluding hydrogens is 585 g/mol. The fourth-order valence-corrected chi connectivity index (χ4v) is 7.20. The minimum Gasteiger partial charge on any atom is -0.481 e. The van der Waals surface area contributed by atoms with Crippen LogP contribution in [0, 0.1) is 24.7 Å². The lowest BCUT2D eigenvalue weighted by atomic mass is 9.95. The molecular formula is C28H40N4O6S3. The molecule has 1 fully saturated rings. The molecule has 1 aliphatic heterocycles. The zero-order chi connectivity index (χ0) is 30.3. The highest BCUT2D eigenvalue weighted by Crippen LogP contribution is 2.32. The van der Waals surface area contributed by atoms with Crippen molar-refractivity contribution < 1.29 is 29.0 Å². The normalized spacial score (nSPS) is 16.4. The number of carbonyl (C=O) groups is 4. The fraction of sp³-hybridized carbons (Fsp3) is 0.643. The molecule has 1 aliphatic rings. The summed E-state index contributed by atoms with van der Waals surface area (Å²) in [6, 6.07) is -0.642. The zero-order valence-electron chi connectivity index (χ0n) is 24.4. The Balaban J connectivity index is 1.74. The Labute approximate surface area is 253 Å². The van der Waals surface area contributed by atoms with Gasteiger partial charge in [-0.3, -0.25) is 19.2 Å². The molecule has 3 rings (SSSR count). The van der Waals surface area contributed by atoms with Crippen molar-refractivity contribution in [2.75, 3.05) is 18.6 Å². The summed E-state index contributed by atoms with van der Waals surface area (Å²) < 4.78 is 5.66. The van der Waals surface area contributed by atoms with Crippen LogP contribution in [-0.2, 0) is 25.5 Å². The van der Waals surface area contributed by atoms with Gasteiger partial charge in [0.05, 0.1) is 10.9 Å². The average molecular weight is 625 g/mol. The van der Waals surface area contributed by atoms with Crippen molar-refractivity contribution in [2.24, 2.45) is 17.8 Å². The van der Waals surface area contributed by atoms with Crippen molar-refractivity contribution >= 4 is 58.2 Å². The third-order valence-electron chi connectivity index (χ3n) is 7.11. The molecule has 10 nitrogen and oxygen atoms in total. The molecule has 2 aromatic rings. The van der Waals surface area contributed by atoms with E-state index in [4.69, 9.17) is 4.74 Å². The number of amides is 2. The molecule has 0 aliphatic carbocycles. The van der Waals surface area contributed by atoms with Crippen LogP contribution in [0.3, 0.4) is 0 Å². The highest BCUT2D eigenvalue weighted by atomic mass is 32.2. The second-order valence-electron chi connectivity index (χ2n) is 11.1. The first kappa shape index (κ1) is 33.0. The summed E-state index contributed by atoms with van der Waals surface area (Å²) in [5.41, 5.74) is 1.04. The Morgan fingerprint density at radius 1 is 1.12 bits per heavy atom. The van der Waals surface area contributed by atoms with E-state index in [1.807, 2.05) is 37.9 Å². The molecule has 0 saturated carbocycles. The lowest BCUT2D eigenvalue weighted by molar-refractivity contribution is -0.148.